The first-order valence-corrected chi connectivity index (χ1v) is 6.14. The molecule has 0 heterocycles. The fourth-order valence-corrected chi connectivity index (χ4v) is 2.10. The molecule has 0 saturated heterocycles. The van der Waals surface area contributed by atoms with Gasteiger partial charge < -0.3 is 4.74 Å². The van der Waals surface area contributed by atoms with Crippen molar-refractivity contribution < 1.29 is 14.1 Å². The Kier molecular flexibility index (Phi) is 3.80. The van der Waals surface area contributed by atoms with E-state index in [1.54, 1.807) is 6.07 Å². The molecule has 2 aromatic carbocycles. The maximum Gasteiger partial charge on any atom is 0.314 e. The number of aryl methyl sites for hydroxylation is 1. The summed E-state index contributed by atoms with van der Waals surface area (Å²) in [6.07, 6.45) is 0. The minimum Gasteiger partial charge on any atom is -0.449 e. The van der Waals surface area contributed by atoms with Crippen LogP contribution in [0.1, 0.15) is 5.56 Å². The zero-order chi connectivity index (χ0) is 14.0. The van der Waals surface area contributed by atoms with Crippen LogP contribution in [0, 0.1) is 22.9 Å². The van der Waals surface area contributed by atoms with Gasteiger partial charge in [0.25, 0.3) is 0 Å². The summed E-state index contributed by atoms with van der Waals surface area (Å²) in [5.41, 5.74) is 0.611. The minimum atomic E-state index is -0.680. The number of rotatable bonds is 3. The molecule has 0 amide bonds. The van der Waals surface area contributed by atoms with E-state index < -0.39 is 16.4 Å². The third kappa shape index (κ3) is 3.08. The zero-order valence-corrected chi connectivity index (χ0v) is 11.5. The van der Waals surface area contributed by atoms with Crippen molar-refractivity contribution in [1.82, 2.24) is 0 Å². The Morgan fingerprint density at radius 1 is 1.21 bits per heavy atom. The van der Waals surface area contributed by atoms with E-state index in [0.717, 1.165) is 17.7 Å². The molecule has 0 bridgehead atoms. The minimum absolute atomic E-state index is 0.00375. The van der Waals surface area contributed by atoms with Crippen LogP contribution in [-0.2, 0) is 0 Å². The first kappa shape index (κ1) is 13.5. The second-order valence-electron chi connectivity index (χ2n) is 3.91. The zero-order valence-electron chi connectivity index (χ0n) is 9.89. The van der Waals surface area contributed by atoms with E-state index in [4.69, 9.17) is 4.74 Å². The highest BCUT2D eigenvalue weighted by atomic mass is 79.9. The number of nitro benzene ring substituents is 1. The summed E-state index contributed by atoms with van der Waals surface area (Å²) in [4.78, 5) is 10.2. The molecule has 0 atom stereocenters. The molecular formula is C13H9BrFNO3. The van der Waals surface area contributed by atoms with Crippen LogP contribution in [-0.4, -0.2) is 4.92 Å². The fourth-order valence-electron chi connectivity index (χ4n) is 1.53. The lowest BCUT2D eigenvalue weighted by Gasteiger charge is -2.08. The molecule has 2 aromatic rings. The number of nitro groups is 1. The summed E-state index contributed by atoms with van der Waals surface area (Å²) in [7, 11) is 0. The Labute approximate surface area is 117 Å². The molecule has 19 heavy (non-hydrogen) atoms. The lowest BCUT2D eigenvalue weighted by atomic mass is 10.2. The van der Waals surface area contributed by atoms with Gasteiger partial charge >= 0.3 is 5.69 Å². The lowest BCUT2D eigenvalue weighted by Crippen LogP contribution is -1.95. The molecule has 0 N–H and O–H groups in total. The van der Waals surface area contributed by atoms with Crippen molar-refractivity contribution >= 4 is 21.6 Å². The molecule has 6 heteroatoms. The summed E-state index contributed by atoms with van der Waals surface area (Å²) in [6, 6.07) is 8.51. The smallest absolute Gasteiger partial charge is 0.314 e. The Hall–Kier alpha value is -1.95. The highest BCUT2D eigenvalue weighted by molar-refractivity contribution is 9.10. The van der Waals surface area contributed by atoms with Gasteiger partial charge in [-0.2, -0.15) is 0 Å². The molecule has 0 unspecified atom stereocenters. The Morgan fingerprint density at radius 3 is 2.53 bits per heavy atom. The van der Waals surface area contributed by atoms with E-state index in [2.05, 4.69) is 15.9 Å². The lowest BCUT2D eigenvalue weighted by molar-refractivity contribution is -0.385. The first-order valence-electron chi connectivity index (χ1n) is 5.35. The average Bonchev–Trinajstić information content (AvgIpc) is 2.34. The van der Waals surface area contributed by atoms with Crippen molar-refractivity contribution in [1.29, 1.82) is 0 Å². The summed E-state index contributed by atoms with van der Waals surface area (Å²) in [5, 5.41) is 10.9. The number of hydrogen-bond donors (Lipinski definition) is 0. The van der Waals surface area contributed by atoms with E-state index >= 15 is 0 Å². The van der Waals surface area contributed by atoms with E-state index in [9.17, 15) is 14.5 Å². The van der Waals surface area contributed by atoms with Crippen molar-refractivity contribution in [2.75, 3.05) is 0 Å². The molecule has 98 valence electrons. The van der Waals surface area contributed by atoms with Crippen molar-refractivity contribution in [2.45, 2.75) is 6.92 Å². The van der Waals surface area contributed by atoms with Crippen LogP contribution in [0.15, 0.2) is 40.9 Å². The van der Waals surface area contributed by atoms with Crippen LogP contribution >= 0.6 is 15.9 Å². The van der Waals surface area contributed by atoms with Crippen LogP contribution in [0.2, 0.25) is 0 Å². The van der Waals surface area contributed by atoms with Gasteiger partial charge in [-0.25, -0.2) is 4.39 Å². The third-order valence-corrected chi connectivity index (χ3v) is 3.04. The van der Waals surface area contributed by atoms with Crippen LogP contribution in [0.3, 0.4) is 0 Å². The number of halogens is 2. The van der Waals surface area contributed by atoms with Crippen molar-refractivity contribution in [3.8, 4) is 11.5 Å². The van der Waals surface area contributed by atoms with Crippen LogP contribution < -0.4 is 4.74 Å². The third-order valence-electron chi connectivity index (χ3n) is 2.42. The molecule has 0 radical (unpaired) electrons. The Morgan fingerprint density at radius 2 is 1.89 bits per heavy atom. The van der Waals surface area contributed by atoms with E-state index in [0.29, 0.717) is 10.2 Å². The second-order valence-corrected chi connectivity index (χ2v) is 4.76. The topological polar surface area (TPSA) is 52.4 Å². The van der Waals surface area contributed by atoms with Crippen molar-refractivity contribution in [3.63, 3.8) is 0 Å². The molecule has 0 saturated carbocycles. The van der Waals surface area contributed by atoms with Crippen molar-refractivity contribution in [3.05, 3.63) is 62.4 Å². The van der Waals surface area contributed by atoms with Crippen LogP contribution in [0.5, 0.6) is 11.5 Å². The SMILES string of the molecule is Cc1ccc(Oc2ccc(F)cc2[N+](=O)[O-])c(Br)c1. The van der Waals surface area contributed by atoms with Gasteiger partial charge in [0.05, 0.1) is 15.5 Å². The highest BCUT2D eigenvalue weighted by Crippen LogP contribution is 2.35. The van der Waals surface area contributed by atoms with Gasteiger partial charge in [-0.05, 0) is 52.7 Å². The van der Waals surface area contributed by atoms with E-state index in [1.807, 2.05) is 19.1 Å². The summed E-state index contributed by atoms with van der Waals surface area (Å²) < 4.78 is 19.1. The van der Waals surface area contributed by atoms with Crippen molar-refractivity contribution in [2.24, 2.45) is 0 Å². The molecule has 0 aliphatic rings. The normalized spacial score (nSPS) is 10.3. The number of hydrogen-bond acceptors (Lipinski definition) is 3. The van der Waals surface area contributed by atoms with Gasteiger partial charge in [-0.15, -0.1) is 0 Å². The van der Waals surface area contributed by atoms with Gasteiger partial charge in [0, 0.05) is 0 Å². The average molecular weight is 326 g/mol. The molecular weight excluding hydrogens is 317 g/mol. The Balaban J connectivity index is 2.40. The molecule has 4 nitrogen and oxygen atoms in total. The van der Waals surface area contributed by atoms with E-state index in [1.165, 1.54) is 6.07 Å². The fraction of sp³-hybridized carbons (Fsp3) is 0.0769. The predicted molar refractivity (Wildman–Crippen MR) is 72.0 cm³/mol. The molecule has 0 aromatic heterocycles. The van der Waals surface area contributed by atoms with Gasteiger partial charge in [-0.1, -0.05) is 6.07 Å². The number of benzene rings is 2. The number of nitrogens with zero attached hydrogens (tertiary/aromatic N) is 1. The highest BCUT2D eigenvalue weighted by Gasteiger charge is 2.17. The van der Waals surface area contributed by atoms with Gasteiger partial charge in [-0.3, -0.25) is 10.1 Å². The molecule has 2 rings (SSSR count). The largest absolute Gasteiger partial charge is 0.449 e. The predicted octanol–water partition coefficient (Wildman–Crippen LogP) is 4.60. The second kappa shape index (κ2) is 5.36. The van der Waals surface area contributed by atoms with Gasteiger partial charge in [0.1, 0.15) is 11.6 Å². The molecule has 0 aliphatic carbocycles. The maximum atomic E-state index is 13.0. The quantitative estimate of drug-likeness (QED) is 0.612. The van der Waals surface area contributed by atoms with Gasteiger partial charge in [0.2, 0.25) is 5.75 Å². The molecule has 0 fully saturated rings. The Bertz CT molecular complexity index is 646. The monoisotopic (exact) mass is 325 g/mol. The van der Waals surface area contributed by atoms with Crippen LogP contribution in [0.4, 0.5) is 10.1 Å². The van der Waals surface area contributed by atoms with E-state index in [-0.39, 0.29) is 5.75 Å². The number of ether oxygens (including phenoxy) is 1. The first-order chi connectivity index (χ1) is 8.97. The van der Waals surface area contributed by atoms with Crippen LogP contribution in [0.25, 0.3) is 0 Å². The van der Waals surface area contributed by atoms with Gasteiger partial charge in [0.15, 0.2) is 0 Å². The standard InChI is InChI=1S/C13H9BrFNO3/c1-8-2-4-12(10(14)6-8)19-13-5-3-9(15)7-11(13)16(17)18/h2-7H,1H3. The summed E-state index contributed by atoms with van der Waals surface area (Å²) in [5.74, 6) is -0.252. The molecule has 0 spiro atoms. The molecule has 0 aliphatic heterocycles. The summed E-state index contributed by atoms with van der Waals surface area (Å²) in [6.45, 7) is 1.91. The summed E-state index contributed by atoms with van der Waals surface area (Å²) >= 11 is 3.31. The maximum absolute atomic E-state index is 13.0.